The first-order chi connectivity index (χ1) is 11.6. The monoisotopic (exact) mass is 336 g/mol. The first-order valence-electron chi connectivity index (χ1n) is 9.02. The Labute approximate surface area is 146 Å². The van der Waals surface area contributed by atoms with Crippen molar-refractivity contribution >= 4 is 17.1 Å². The summed E-state index contributed by atoms with van der Waals surface area (Å²) >= 11 is 1.57. The highest BCUT2D eigenvalue weighted by Gasteiger charge is 2.74. The highest BCUT2D eigenvalue weighted by atomic mass is 32.1. The van der Waals surface area contributed by atoms with Crippen LogP contribution in [0.2, 0.25) is 0 Å². The lowest BCUT2D eigenvalue weighted by Crippen LogP contribution is -2.50. The Morgan fingerprint density at radius 2 is 1.67 bits per heavy atom. The number of carbonyl (C=O) groups is 1. The van der Waals surface area contributed by atoms with Crippen molar-refractivity contribution < 1.29 is 4.79 Å². The molecule has 4 bridgehead atoms. The van der Waals surface area contributed by atoms with E-state index in [-0.39, 0.29) is 17.1 Å². The van der Waals surface area contributed by atoms with Gasteiger partial charge in [-0.15, -0.1) is 11.3 Å². The quantitative estimate of drug-likeness (QED) is 0.827. The molecule has 24 heavy (non-hydrogen) atoms. The van der Waals surface area contributed by atoms with Gasteiger partial charge >= 0.3 is 0 Å². The van der Waals surface area contributed by atoms with Gasteiger partial charge in [0.25, 0.3) is 0 Å². The van der Waals surface area contributed by atoms with Gasteiger partial charge in [0, 0.05) is 16.2 Å². The standard InChI is InChI=1S/C20H20N2OS/c21-10-20(11-22)16(15-2-1-3-24-15)17(20)18(23)19-7-12-4-13(8-19)6-14(5-12)9-19/h1-3,12-14,16-17H,4-9H2. The third-order valence-electron chi connectivity index (χ3n) is 7.27. The Bertz CT molecular complexity index is 732. The molecule has 1 aromatic heterocycles. The molecule has 1 heterocycles. The van der Waals surface area contributed by atoms with E-state index in [1.54, 1.807) is 11.3 Å². The smallest absolute Gasteiger partial charge is 0.162 e. The highest BCUT2D eigenvalue weighted by Crippen LogP contribution is 2.70. The van der Waals surface area contributed by atoms with Crippen LogP contribution in [0.15, 0.2) is 17.5 Å². The minimum absolute atomic E-state index is 0.201. The predicted octanol–water partition coefficient (Wildman–Crippen LogP) is 4.28. The Balaban J connectivity index is 1.51. The molecule has 0 spiro atoms. The maximum Gasteiger partial charge on any atom is 0.162 e. The summed E-state index contributed by atoms with van der Waals surface area (Å²) < 4.78 is 0. The summed E-state index contributed by atoms with van der Waals surface area (Å²) in [6, 6.07) is 8.38. The molecule has 2 unspecified atom stereocenters. The van der Waals surface area contributed by atoms with E-state index in [4.69, 9.17) is 0 Å². The summed E-state index contributed by atoms with van der Waals surface area (Å²) in [6.45, 7) is 0. The summed E-state index contributed by atoms with van der Waals surface area (Å²) in [5.74, 6) is 1.77. The van der Waals surface area contributed by atoms with Crippen molar-refractivity contribution in [2.75, 3.05) is 0 Å². The average molecular weight is 336 g/mol. The summed E-state index contributed by atoms with van der Waals surface area (Å²) in [6.07, 6.45) is 6.93. The van der Waals surface area contributed by atoms with E-state index in [0.29, 0.717) is 17.8 Å². The number of ketones is 1. The van der Waals surface area contributed by atoms with Crippen LogP contribution < -0.4 is 0 Å². The molecule has 0 saturated heterocycles. The Kier molecular flexibility index (Phi) is 2.88. The molecular formula is C20H20N2OS. The van der Waals surface area contributed by atoms with Gasteiger partial charge in [-0.3, -0.25) is 4.79 Å². The third-order valence-corrected chi connectivity index (χ3v) is 8.22. The first-order valence-corrected chi connectivity index (χ1v) is 9.90. The molecule has 1 aromatic rings. The molecule has 5 aliphatic carbocycles. The van der Waals surface area contributed by atoms with E-state index in [2.05, 4.69) is 12.1 Å². The zero-order valence-electron chi connectivity index (χ0n) is 13.6. The normalized spacial score (nSPS) is 43.8. The van der Waals surface area contributed by atoms with Crippen molar-refractivity contribution in [3.63, 3.8) is 0 Å². The van der Waals surface area contributed by atoms with E-state index in [1.165, 1.54) is 19.3 Å². The van der Waals surface area contributed by atoms with E-state index in [0.717, 1.165) is 24.1 Å². The summed E-state index contributed by atoms with van der Waals surface area (Å²) in [5.41, 5.74) is -1.34. The Hall–Kier alpha value is -1.65. The van der Waals surface area contributed by atoms with Gasteiger partial charge in [-0.05, 0) is 67.7 Å². The van der Waals surface area contributed by atoms with E-state index in [1.807, 2.05) is 17.5 Å². The predicted molar refractivity (Wildman–Crippen MR) is 89.8 cm³/mol. The van der Waals surface area contributed by atoms with Gasteiger partial charge < -0.3 is 0 Å². The van der Waals surface area contributed by atoms with E-state index in [9.17, 15) is 15.3 Å². The Morgan fingerprint density at radius 1 is 1.08 bits per heavy atom. The van der Waals surface area contributed by atoms with Gasteiger partial charge in [0.1, 0.15) is 5.78 Å². The molecule has 0 aliphatic heterocycles. The molecule has 4 heteroatoms. The van der Waals surface area contributed by atoms with Gasteiger partial charge in [-0.2, -0.15) is 10.5 Å². The van der Waals surface area contributed by atoms with Crippen LogP contribution in [0.3, 0.4) is 0 Å². The minimum atomic E-state index is -1.12. The lowest BCUT2D eigenvalue weighted by Gasteiger charge is -2.56. The molecule has 122 valence electrons. The molecular weight excluding hydrogens is 316 g/mol. The van der Waals surface area contributed by atoms with Crippen LogP contribution in [0.5, 0.6) is 0 Å². The molecule has 0 amide bonds. The second kappa shape index (κ2) is 4.70. The van der Waals surface area contributed by atoms with Crippen LogP contribution in [0, 0.1) is 57.2 Å². The summed E-state index contributed by atoms with van der Waals surface area (Å²) in [7, 11) is 0. The van der Waals surface area contributed by atoms with Crippen LogP contribution in [-0.2, 0) is 4.79 Å². The van der Waals surface area contributed by atoms with Gasteiger partial charge in [0.05, 0.1) is 18.1 Å². The van der Waals surface area contributed by atoms with Crippen LogP contribution >= 0.6 is 11.3 Å². The number of carbonyl (C=O) groups excluding carboxylic acids is 1. The molecule has 5 fully saturated rings. The minimum Gasteiger partial charge on any atom is -0.299 e. The van der Waals surface area contributed by atoms with E-state index >= 15 is 0 Å². The second-order valence-corrected chi connectivity index (χ2v) is 9.60. The first kappa shape index (κ1) is 14.7. The number of Topliss-reactive ketones (excluding diaryl/α,β-unsaturated/α-hetero) is 1. The lowest BCUT2D eigenvalue weighted by molar-refractivity contribution is -0.145. The molecule has 0 radical (unpaired) electrons. The fraction of sp³-hybridized carbons (Fsp3) is 0.650. The molecule has 0 N–H and O–H groups in total. The highest BCUT2D eigenvalue weighted by molar-refractivity contribution is 7.10. The second-order valence-electron chi connectivity index (χ2n) is 8.63. The van der Waals surface area contributed by atoms with Gasteiger partial charge in [0.2, 0.25) is 0 Å². The maximum atomic E-state index is 13.6. The Morgan fingerprint density at radius 3 is 2.12 bits per heavy atom. The van der Waals surface area contributed by atoms with Crippen LogP contribution in [-0.4, -0.2) is 5.78 Å². The largest absolute Gasteiger partial charge is 0.299 e. The topological polar surface area (TPSA) is 64.7 Å². The fourth-order valence-electron chi connectivity index (χ4n) is 6.65. The van der Waals surface area contributed by atoms with Gasteiger partial charge in [-0.1, -0.05) is 6.07 Å². The molecule has 3 nitrogen and oxygen atoms in total. The zero-order valence-corrected chi connectivity index (χ0v) is 14.4. The number of nitrogens with zero attached hydrogens (tertiary/aromatic N) is 2. The third kappa shape index (κ3) is 1.73. The van der Waals surface area contributed by atoms with Crippen LogP contribution in [0.4, 0.5) is 0 Å². The maximum absolute atomic E-state index is 13.6. The lowest BCUT2D eigenvalue weighted by atomic mass is 9.48. The fourth-order valence-corrected chi connectivity index (χ4v) is 7.59. The van der Waals surface area contributed by atoms with E-state index < -0.39 is 11.3 Å². The van der Waals surface area contributed by atoms with Crippen molar-refractivity contribution in [2.45, 2.75) is 44.4 Å². The molecule has 2 atom stereocenters. The van der Waals surface area contributed by atoms with Gasteiger partial charge in [0.15, 0.2) is 5.41 Å². The molecule has 5 saturated carbocycles. The zero-order chi connectivity index (χ0) is 16.5. The van der Waals surface area contributed by atoms with Crippen molar-refractivity contribution in [3.05, 3.63) is 22.4 Å². The van der Waals surface area contributed by atoms with Crippen LogP contribution in [0.1, 0.15) is 49.3 Å². The number of hydrogen-bond donors (Lipinski definition) is 0. The van der Waals surface area contributed by atoms with Crippen molar-refractivity contribution in [1.29, 1.82) is 10.5 Å². The molecule has 5 aliphatic rings. The van der Waals surface area contributed by atoms with Gasteiger partial charge in [-0.25, -0.2) is 0 Å². The number of nitriles is 2. The number of hydrogen-bond acceptors (Lipinski definition) is 4. The molecule has 0 aromatic carbocycles. The average Bonchev–Trinajstić information content (AvgIpc) is 2.93. The summed E-state index contributed by atoms with van der Waals surface area (Å²) in [5, 5.41) is 21.4. The van der Waals surface area contributed by atoms with Crippen molar-refractivity contribution in [2.24, 2.45) is 34.5 Å². The number of thiophene rings is 1. The summed E-state index contributed by atoms with van der Waals surface area (Å²) in [4.78, 5) is 14.6. The molecule has 6 rings (SSSR count). The number of rotatable bonds is 3. The van der Waals surface area contributed by atoms with Crippen molar-refractivity contribution in [3.8, 4) is 12.1 Å². The van der Waals surface area contributed by atoms with Crippen LogP contribution in [0.25, 0.3) is 0 Å². The van der Waals surface area contributed by atoms with Crippen molar-refractivity contribution in [1.82, 2.24) is 0 Å². The SMILES string of the molecule is N#CC1(C#N)C(C(=O)C23CC4CC(CC(C4)C2)C3)C1c1cccs1.